The molecule has 4 N–H and O–H groups in total. The number of H-pyrrole nitrogens is 1. The van der Waals surface area contributed by atoms with Crippen LogP contribution in [-0.4, -0.2) is 46.1 Å². The number of nitrogens with one attached hydrogen (secondary N) is 2. The Kier molecular flexibility index (Phi) is 4.82. The third-order valence-corrected chi connectivity index (χ3v) is 4.84. The number of ether oxygens (including phenoxy) is 3. The molecule has 10 nitrogen and oxygen atoms in total. The number of rotatable bonds is 6. The van der Waals surface area contributed by atoms with Crippen molar-refractivity contribution in [1.82, 2.24) is 24.7 Å². The van der Waals surface area contributed by atoms with Crippen molar-refractivity contribution in [2.75, 3.05) is 32.4 Å². The van der Waals surface area contributed by atoms with Crippen molar-refractivity contribution in [2.24, 2.45) is 0 Å². The van der Waals surface area contributed by atoms with Crippen LogP contribution in [0.25, 0.3) is 17.0 Å². The first kappa shape index (κ1) is 19.4. The summed E-state index contributed by atoms with van der Waals surface area (Å²) in [4.78, 5) is 12.1. The molecule has 0 amide bonds. The van der Waals surface area contributed by atoms with Crippen LogP contribution in [0.2, 0.25) is 0 Å². The molecule has 0 bridgehead atoms. The predicted octanol–water partition coefficient (Wildman–Crippen LogP) is 3.11. The van der Waals surface area contributed by atoms with E-state index in [2.05, 4.69) is 32.3 Å². The molecule has 0 saturated carbocycles. The highest BCUT2D eigenvalue weighted by atomic mass is 16.5. The molecule has 0 saturated heterocycles. The number of hydrogen-bond donors (Lipinski definition) is 3. The second kappa shape index (κ2) is 7.47. The van der Waals surface area contributed by atoms with Gasteiger partial charge >= 0.3 is 0 Å². The number of aryl methyl sites for hydroxylation is 2. The molecule has 2 aromatic carbocycles. The van der Waals surface area contributed by atoms with Crippen molar-refractivity contribution in [1.29, 1.82) is 0 Å². The highest BCUT2D eigenvalue weighted by molar-refractivity contribution is 5.78. The average Bonchev–Trinajstić information content (AvgIpc) is 3.29. The second-order valence-corrected chi connectivity index (χ2v) is 6.76. The Labute approximate surface area is 173 Å². The van der Waals surface area contributed by atoms with Gasteiger partial charge in [0.05, 0.1) is 32.4 Å². The van der Waals surface area contributed by atoms with E-state index < -0.39 is 0 Å². The lowest BCUT2D eigenvalue weighted by Gasteiger charge is -2.14. The van der Waals surface area contributed by atoms with Crippen LogP contribution in [0.4, 0.5) is 17.6 Å². The summed E-state index contributed by atoms with van der Waals surface area (Å²) in [7, 11) is 4.65. The van der Waals surface area contributed by atoms with Gasteiger partial charge in [0.15, 0.2) is 11.5 Å². The van der Waals surface area contributed by atoms with Gasteiger partial charge < -0.3 is 30.2 Å². The Hall–Kier alpha value is -3.95. The summed E-state index contributed by atoms with van der Waals surface area (Å²) in [5, 5.41) is 7.54. The summed E-state index contributed by atoms with van der Waals surface area (Å²) >= 11 is 0. The maximum absolute atomic E-state index is 6.09. The number of methoxy groups -OCH3 is 3. The summed E-state index contributed by atoms with van der Waals surface area (Å²) in [6.45, 7) is 4.10. The Balaban J connectivity index is 1.68. The van der Waals surface area contributed by atoms with Gasteiger partial charge in [0.2, 0.25) is 23.6 Å². The molecule has 10 heteroatoms. The van der Waals surface area contributed by atoms with Gasteiger partial charge in [-0.05, 0) is 37.1 Å². The molecule has 0 aliphatic carbocycles. The number of aromatic amines is 1. The molecule has 0 spiro atoms. The molecular formula is C20H23N7O3. The Morgan fingerprint density at radius 2 is 1.60 bits per heavy atom. The Morgan fingerprint density at radius 1 is 0.933 bits per heavy atom. The fourth-order valence-electron chi connectivity index (χ4n) is 3.17. The van der Waals surface area contributed by atoms with Crippen LogP contribution in [0, 0.1) is 13.8 Å². The number of nitrogens with zero attached hydrogens (tertiary/aromatic N) is 4. The van der Waals surface area contributed by atoms with E-state index in [4.69, 9.17) is 19.9 Å². The van der Waals surface area contributed by atoms with E-state index in [1.165, 1.54) is 10.2 Å². The zero-order valence-electron chi connectivity index (χ0n) is 17.4. The quantitative estimate of drug-likeness (QED) is 0.444. The number of benzene rings is 2. The molecule has 0 unspecified atom stereocenters. The van der Waals surface area contributed by atoms with Crippen molar-refractivity contribution >= 4 is 28.6 Å². The standard InChI is InChI=1S/C20H23N7O3/c1-10-6-13-14(7-11(10)2)24-20(23-13)27-18(21)25-19(26-27)22-12-8-15(28-3)17(30-5)16(9-12)29-4/h6-9H,1-5H3,(H,23,24)(H3,21,22,25,26). The van der Waals surface area contributed by atoms with Crippen LogP contribution in [-0.2, 0) is 0 Å². The number of nitrogens with two attached hydrogens (primary N) is 1. The molecule has 0 radical (unpaired) electrons. The number of imidazole rings is 1. The van der Waals surface area contributed by atoms with E-state index in [0.29, 0.717) is 34.8 Å². The maximum Gasteiger partial charge on any atom is 0.248 e. The molecular weight excluding hydrogens is 386 g/mol. The van der Waals surface area contributed by atoms with E-state index in [9.17, 15) is 0 Å². The highest BCUT2D eigenvalue weighted by Crippen LogP contribution is 2.40. The van der Waals surface area contributed by atoms with Gasteiger partial charge in [-0.1, -0.05) is 0 Å². The summed E-state index contributed by atoms with van der Waals surface area (Å²) < 4.78 is 17.5. The average molecular weight is 409 g/mol. The fourth-order valence-corrected chi connectivity index (χ4v) is 3.17. The largest absolute Gasteiger partial charge is 0.493 e. The smallest absolute Gasteiger partial charge is 0.248 e. The molecule has 2 heterocycles. The lowest BCUT2D eigenvalue weighted by molar-refractivity contribution is 0.324. The molecule has 0 aliphatic rings. The lowest BCUT2D eigenvalue weighted by Crippen LogP contribution is -2.04. The SMILES string of the molecule is COc1cc(Nc2nc(N)n(-c3nc4cc(C)c(C)cc4[nH]3)n2)cc(OC)c1OC. The molecule has 156 valence electrons. The molecule has 4 aromatic rings. The molecule has 0 fully saturated rings. The topological polar surface area (TPSA) is 125 Å². The monoisotopic (exact) mass is 409 g/mol. The number of nitrogen functional groups attached to an aromatic ring is 1. The first-order valence-corrected chi connectivity index (χ1v) is 9.20. The van der Waals surface area contributed by atoms with Crippen LogP contribution in [0.5, 0.6) is 17.2 Å². The first-order valence-electron chi connectivity index (χ1n) is 9.20. The molecule has 4 rings (SSSR count). The van der Waals surface area contributed by atoms with Crippen molar-refractivity contribution in [3.63, 3.8) is 0 Å². The fraction of sp³-hybridized carbons (Fsp3) is 0.250. The van der Waals surface area contributed by atoms with Gasteiger partial charge in [-0.3, -0.25) is 0 Å². The van der Waals surface area contributed by atoms with Crippen LogP contribution in [0.1, 0.15) is 11.1 Å². The summed E-state index contributed by atoms with van der Waals surface area (Å²) in [6, 6.07) is 7.58. The van der Waals surface area contributed by atoms with Crippen LogP contribution in [0.15, 0.2) is 24.3 Å². The van der Waals surface area contributed by atoms with Gasteiger partial charge in [-0.2, -0.15) is 9.67 Å². The minimum absolute atomic E-state index is 0.192. The Bertz CT molecular complexity index is 1160. The van der Waals surface area contributed by atoms with Gasteiger partial charge in [0, 0.05) is 17.8 Å². The van der Waals surface area contributed by atoms with E-state index in [0.717, 1.165) is 16.6 Å². The van der Waals surface area contributed by atoms with E-state index >= 15 is 0 Å². The summed E-state index contributed by atoms with van der Waals surface area (Å²) in [6.07, 6.45) is 0. The van der Waals surface area contributed by atoms with Gasteiger partial charge in [0.25, 0.3) is 0 Å². The third kappa shape index (κ3) is 3.32. The zero-order chi connectivity index (χ0) is 21.4. The molecule has 0 aliphatic heterocycles. The minimum Gasteiger partial charge on any atom is -0.493 e. The van der Waals surface area contributed by atoms with Gasteiger partial charge in [-0.25, -0.2) is 4.98 Å². The van der Waals surface area contributed by atoms with E-state index in [1.807, 2.05) is 19.1 Å². The Morgan fingerprint density at radius 3 is 2.23 bits per heavy atom. The summed E-state index contributed by atoms with van der Waals surface area (Å²) in [5.41, 5.74) is 10.8. The molecule has 0 atom stereocenters. The number of fused-ring (bicyclic) bond motifs is 1. The lowest BCUT2D eigenvalue weighted by atomic mass is 10.1. The van der Waals surface area contributed by atoms with Crippen molar-refractivity contribution < 1.29 is 14.2 Å². The van der Waals surface area contributed by atoms with Crippen molar-refractivity contribution in [2.45, 2.75) is 13.8 Å². The third-order valence-electron chi connectivity index (χ3n) is 4.84. The van der Waals surface area contributed by atoms with Crippen molar-refractivity contribution in [3.05, 3.63) is 35.4 Å². The normalized spacial score (nSPS) is 11.0. The number of aromatic nitrogens is 5. The molecule has 2 aromatic heterocycles. The maximum atomic E-state index is 6.09. The van der Waals surface area contributed by atoms with Crippen molar-refractivity contribution in [3.8, 4) is 23.2 Å². The second-order valence-electron chi connectivity index (χ2n) is 6.76. The predicted molar refractivity (Wildman–Crippen MR) is 114 cm³/mol. The minimum atomic E-state index is 0.192. The van der Waals surface area contributed by atoms with E-state index in [-0.39, 0.29) is 5.95 Å². The number of hydrogen-bond acceptors (Lipinski definition) is 8. The van der Waals surface area contributed by atoms with E-state index in [1.54, 1.807) is 33.5 Å². The van der Waals surface area contributed by atoms with Crippen LogP contribution in [0.3, 0.4) is 0 Å². The van der Waals surface area contributed by atoms with Crippen LogP contribution >= 0.6 is 0 Å². The van der Waals surface area contributed by atoms with Crippen LogP contribution < -0.4 is 25.3 Å². The summed E-state index contributed by atoms with van der Waals surface area (Å²) in [5.74, 6) is 2.49. The highest BCUT2D eigenvalue weighted by Gasteiger charge is 2.16. The van der Waals surface area contributed by atoms with Gasteiger partial charge in [-0.15, -0.1) is 5.10 Å². The first-order chi connectivity index (χ1) is 14.4. The van der Waals surface area contributed by atoms with Gasteiger partial charge in [0.1, 0.15) is 0 Å². The molecule has 30 heavy (non-hydrogen) atoms. The number of anilines is 3. The zero-order valence-corrected chi connectivity index (χ0v) is 17.4.